The third kappa shape index (κ3) is 1.93. The van der Waals surface area contributed by atoms with Gasteiger partial charge in [0.05, 0.1) is 6.10 Å². The molecule has 0 spiro atoms. The summed E-state index contributed by atoms with van der Waals surface area (Å²) in [6.07, 6.45) is 5.08. The van der Waals surface area contributed by atoms with Gasteiger partial charge in [-0.15, -0.1) is 0 Å². The molecular formula is C16H17NO. The second-order valence-electron chi connectivity index (χ2n) is 5.11. The van der Waals surface area contributed by atoms with Gasteiger partial charge in [0, 0.05) is 18.0 Å². The molecule has 92 valence electrons. The normalized spacial score (nSPS) is 16.6. The van der Waals surface area contributed by atoms with Crippen LogP contribution < -0.4 is 0 Å². The molecule has 18 heavy (non-hydrogen) atoms. The van der Waals surface area contributed by atoms with Crippen LogP contribution in [0.2, 0.25) is 0 Å². The first-order valence-corrected chi connectivity index (χ1v) is 6.41. The first-order chi connectivity index (χ1) is 8.75. The number of aryl methyl sites for hydroxylation is 1. The van der Waals surface area contributed by atoms with Crippen molar-refractivity contribution >= 4 is 0 Å². The summed E-state index contributed by atoms with van der Waals surface area (Å²) in [5.74, 6) is 0.283. The van der Waals surface area contributed by atoms with Gasteiger partial charge in [0.25, 0.3) is 0 Å². The third-order valence-electron chi connectivity index (χ3n) is 3.93. The fourth-order valence-electron chi connectivity index (χ4n) is 2.86. The van der Waals surface area contributed by atoms with Crippen molar-refractivity contribution in [2.45, 2.75) is 25.9 Å². The van der Waals surface area contributed by atoms with Gasteiger partial charge in [-0.3, -0.25) is 4.98 Å². The number of rotatable bonds is 2. The van der Waals surface area contributed by atoms with Crippen molar-refractivity contribution < 1.29 is 5.11 Å². The summed E-state index contributed by atoms with van der Waals surface area (Å²) >= 11 is 0. The van der Waals surface area contributed by atoms with E-state index in [2.05, 4.69) is 29.2 Å². The van der Waals surface area contributed by atoms with Crippen LogP contribution in [-0.2, 0) is 12.8 Å². The molecule has 3 rings (SSSR count). The zero-order chi connectivity index (χ0) is 12.5. The minimum atomic E-state index is -0.411. The largest absolute Gasteiger partial charge is 0.388 e. The molecule has 0 fully saturated rings. The molecule has 1 atom stereocenters. The summed E-state index contributed by atoms with van der Waals surface area (Å²) in [5.41, 5.74) is 4.84. The molecule has 0 radical (unpaired) electrons. The van der Waals surface area contributed by atoms with Crippen molar-refractivity contribution in [3.63, 3.8) is 0 Å². The molecule has 1 aliphatic carbocycles. The van der Waals surface area contributed by atoms with Gasteiger partial charge >= 0.3 is 0 Å². The fraction of sp³-hybridized carbons (Fsp3) is 0.312. The lowest BCUT2D eigenvalue weighted by molar-refractivity contribution is 0.112. The Hall–Kier alpha value is -1.67. The van der Waals surface area contributed by atoms with Crippen LogP contribution in [0.25, 0.3) is 0 Å². The van der Waals surface area contributed by atoms with Crippen LogP contribution in [-0.4, -0.2) is 10.1 Å². The molecule has 1 N–H and O–H groups in total. The standard InChI is InChI=1S/C16H17NO/c1-11-6-7-17-10-15(11)16(18)14-8-12-4-2-3-5-13(12)9-14/h2-7,10,14,16,18H,8-9H2,1H3. The number of nitrogens with zero attached hydrogens (tertiary/aromatic N) is 1. The molecule has 0 aliphatic heterocycles. The molecule has 1 unspecified atom stereocenters. The maximum Gasteiger partial charge on any atom is 0.0841 e. The SMILES string of the molecule is Cc1ccncc1C(O)C1Cc2ccccc2C1. The summed E-state index contributed by atoms with van der Waals surface area (Å²) in [6, 6.07) is 10.4. The van der Waals surface area contributed by atoms with Crippen molar-refractivity contribution in [1.82, 2.24) is 4.98 Å². The lowest BCUT2D eigenvalue weighted by Gasteiger charge is -2.19. The molecule has 2 heteroatoms. The highest BCUT2D eigenvalue weighted by atomic mass is 16.3. The summed E-state index contributed by atoms with van der Waals surface area (Å²) < 4.78 is 0. The highest BCUT2D eigenvalue weighted by Crippen LogP contribution is 2.35. The average Bonchev–Trinajstić information content (AvgIpc) is 2.82. The van der Waals surface area contributed by atoms with Crippen LogP contribution in [0.5, 0.6) is 0 Å². The number of aromatic nitrogens is 1. The molecular weight excluding hydrogens is 222 g/mol. The number of aliphatic hydroxyl groups excluding tert-OH is 1. The molecule has 0 bridgehead atoms. The first-order valence-electron chi connectivity index (χ1n) is 6.41. The molecule has 0 saturated heterocycles. The highest BCUT2D eigenvalue weighted by Gasteiger charge is 2.28. The lowest BCUT2D eigenvalue weighted by atomic mass is 9.92. The Kier molecular flexibility index (Phi) is 2.88. The van der Waals surface area contributed by atoms with E-state index in [0.29, 0.717) is 0 Å². The number of hydrogen-bond donors (Lipinski definition) is 1. The highest BCUT2D eigenvalue weighted by molar-refractivity contribution is 5.34. The van der Waals surface area contributed by atoms with Crippen molar-refractivity contribution in [2.24, 2.45) is 5.92 Å². The van der Waals surface area contributed by atoms with Gasteiger partial charge in [-0.05, 0) is 48.4 Å². The fourth-order valence-corrected chi connectivity index (χ4v) is 2.86. The summed E-state index contributed by atoms with van der Waals surface area (Å²) in [6.45, 7) is 2.03. The Balaban J connectivity index is 1.85. The van der Waals surface area contributed by atoms with Gasteiger partial charge in [0.2, 0.25) is 0 Å². The zero-order valence-corrected chi connectivity index (χ0v) is 10.5. The predicted molar refractivity (Wildman–Crippen MR) is 71.3 cm³/mol. The van der Waals surface area contributed by atoms with E-state index >= 15 is 0 Å². The quantitative estimate of drug-likeness (QED) is 0.874. The van der Waals surface area contributed by atoms with Crippen LogP contribution in [0.3, 0.4) is 0 Å². The van der Waals surface area contributed by atoms with Crippen molar-refractivity contribution in [2.75, 3.05) is 0 Å². The van der Waals surface area contributed by atoms with Gasteiger partial charge in [0.15, 0.2) is 0 Å². The molecule has 0 amide bonds. The summed E-state index contributed by atoms with van der Waals surface area (Å²) in [4.78, 5) is 4.13. The summed E-state index contributed by atoms with van der Waals surface area (Å²) in [7, 11) is 0. The van der Waals surface area contributed by atoms with Gasteiger partial charge in [0.1, 0.15) is 0 Å². The van der Waals surface area contributed by atoms with Crippen LogP contribution in [0.1, 0.15) is 28.4 Å². The number of benzene rings is 1. The minimum Gasteiger partial charge on any atom is -0.388 e. The number of hydrogen-bond acceptors (Lipinski definition) is 2. The van der Waals surface area contributed by atoms with Crippen LogP contribution in [0.15, 0.2) is 42.7 Å². The van der Waals surface area contributed by atoms with Crippen molar-refractivity contribution in [1.29, 1.82) is 0 Å². The Morgan fingerprint density at radius 1 is 1.17 bits per heavy atom. The Labute approximate surface area is 107 Å². The smallest absolute Gasteiger partial charge is 0.0841 e. The average molecular weight is 239 g/mol. The Morgan fingerprint density at radius 3 is 2.44 bits per heavy atom. The van der Waals surface area contributed by atoms with Crippen LogP contribution >= 0.6 is 0 Å². The van der Waals surface area contributed by atoms with Gasteiger partial charge in [-0.2, -0.15) is 0 Å². The first kappa shape index (κ1) is 11.4. The maximum atomic E-state index is 10.5. The van der Waals surface area contributed by atoms with E-state index in [0.717, 1.165) is 24.0 Å². The number of pyridine rings is 1. The van der Waals surface area contributed by atoms with Gasteiger partial charge in [-0.1, -0.05) is 24.3 Å². The lowest BCUT2D eigenvalue weighted by Crippen LogP contribution is -2.14. The van der Waals surface area contributed by atoms with Crippen molar-refractivity contribution in [3.8, 4) is 0 Å². The third-order valence-corrected chi connectivity index (χ3v) is 3.93. The zero-order valence-electron chi connectivity index (χ0n) is 10.5. The molecule has 0 saturated carbocycles. The monoisotopic (exact) mass is 239 g/mol. The number of fused-ring (bicyclic) bond motifs is 1. The second kappa shape index (κ2) is 4.54. The van der Waals surface area contributed by atoms with E-state index in [-0.39, 0.29) is 5.92 Å². The second-order valence-corrected chi connectivity index (χ2v) is 5.11. The Morgan fingerprint density at radius 2 is 1.83 bits per heavy atom. The van der Waals surface area contributed by atoms with Crippen LogP contribution in [0.4, 0.5) is 0 Å². The predicted octanol–water partition coefficient (Wildman–Crippen LogP) is 2.84. The van der Waals surface area contributed by atoms with E-state index in [1.807, 2.05) is 13.0 Å². The molecule has 1 aromatic heterocycles. The van der Waals surface area contributed by atoms with Gasteiger partial charge < -0.3 is 5.11 Å². The summed E-state index contributed by atoms with van der Waals surface area (Å²) in [5, 5.41) is 10.5. The molecule has 1 heterocycles. The topological polar surface area (TPSA) is 33.1 Å². The Bertz CT molecular complexity index is 540. The maximum absolute atomic E-state index is 10.5. The van der Waals surface area contributed by atoms with E-state index in [9.17, 15) is 5.11 Å². The van der Waals surface area contributed by atoms with Crippen LogP contribution in [0, 0.1) is 12.8 Å². The van der Waals surface area contributed by atoms with Crippen molar-refractivity contribution in [3.05, 3.63) is 65.0 Å². The van der Waals surface area contributed by atoms with E-state index in [4.69, 9.17) is 0 Å². The molecule has 1 aliphatic rings. The van der Waals surface area contributed by atoms with E-state index in [1.54, 1.807) is 12.4 Å². The molecule has 1 aromatic carbocycles. The van der Waals surface area contributed by atoms with E-state index < -0.39 is 6.10 Å². The van der Waals surface area contributed by atoms with Gasteiger partial charge in [-0.25, -0.2) is 0 Å². The molecule has 2 aromatic rings. The van der Waals surface area contributed by atoms with E-state index in [1.165, 1.54) is 11.1 Å². The molecule has 2 nitrogen and oxygen atoms in total. The minimum absolute atomic E-state index is 0.283. The number of aliphatic hydroxyl groups is 1.